The molecule has 0 heterocycles. The Morgan fingerprint density at radius 3 is 2.33 bits per heavy atom. The molecule has 0 aromatic heterocycles. The van der Waals surface area contributed by atoms with Gasteiger partial charge in [0, 0.05) is 0 Å². The summed E-state index contributed by atoms with van der Waals surface area (Å²) in [6, 6.07) is 0. The van der Waals surface area contributed by atoms with Crippen molar-refractivity contribution in [3.8, 4) is 0 Å². The summed E-state index contributed by atoms with van der Waals surface area (Å²) in [5.41, 5.74) is 2.28. The number of unbranched alkanes of at least 4 members (excludes halogenated alkanes) is 3. The Hall–Kier alpha value is 0.0649. The van der Waals surface area contributed by atoms with Crippen LogP contribution in [0.5, 0.6) is 0 Å². The zero-order chi connectivity index (χ0) is 24.2. The second-order valence-corrected chi connectivity index (χ2v) is 15.4. The Labute approximate surface area is 209 Å². The molecular weight excluding hydrogens is 395 g/mol. The molecule has 190 valence electrons. The molecule has 0 radical (unpaired) electrons. The second kappa shape index (κ2) is 9.18. The summed E-state index contributed by atoms with van der Waals surface area (Å²) in [5.74, 6) is 6.60. The molecular formula is C32H59B. The van der Waals surface area contributed by atoms with Crippen LogP contribution in [0.2, 0.25) is 5.82 Å². The van der Waals surface area contributed by atoms with Crippen molar-refractivity contribution >= 4 is 7.85 Å². The first-order valence-electron chi connectivity index (χ1n) is 15.4. The summed E-state index contributed by atoms with van der Waals surface area (Å²) in [5, 5.41) is 0. The van der Waals surface area contributed by atoms with Gasteiger partial charge in [-0.2, -0.15) is 0 Å². The van der Waals surface area contributed by atoms with Crippen molar-refractivity contribution in [3.05, 3.63) is 0 Å². The molecule has 0 nitrogen and oxygen atoms in total. The lowest BCUT2D eigenvalue weighted by Crippen LogP contribution is -2.63. The average molecular weight is 455 g/mol. The maximum Gasteiger partial charge on any atom is 0.105 e. The highest BCUT2D eigenvalue weighted by Gasteiger charge is 2.67. The third kappa shape index (κ3) is 3.91. The van der Waals surface area contributed by atoms with Crippen molar-refractivity contribution in [1.82, 2.24) is 0 Å². The first-order chi connectivity index (χ1) is 15.4. The highest BCUT2D eigenvalue weighted by atomic mass is 14.7. The summed E-state index contributed by atoms with van der Waals surface area (Å²) in [7, 11) is 2.56. The molecule has 1 heteroatoms. The van der Waals surface area contributed by atoms with E-state index in [4.69, 9.17) is 0 Å². The van der Waals surface area contributed by atoms with Gasteiger partial charge < -0.3 is 0 Å². The van der Waals surface area contributed by atoms with Gasteiger partial charge in [0.25, 0.3) is 0 Å². The molecule has 0 bridgehead atoms. The van der Waals surface area contributed by atoms with Gasteiger partial charge in [-0.1, -0.05) is 99.7 Å². The zero-order valence-corrected chi connectivity index (χ0v) is 24.2. The minimum Gasteiger partial charge on any atom is -0.0691 e. The molecule has 4 rings (SSSR count). The second-order valence-electron chi connectivity index (χ2n) is 15.4. The number of hydrogen-bond acceptors (Lipinski definition) is 0. The van der Waals surface area contributed by atoms with Gasteiger partial charge in [-0.05, 0) is 102 Å². The molecule has 0 spiro atoms. The van der Waals surface area contributed by atoms with Gasteiger partial charge in [-0.25, -0.2) is 0 Å². The van der Waals surface area contributed by atoms with Crippen LogP contribution in [0.25, 0.3) is 0 Å². The molecule has 0 saturated heterocycles. The lowest BCUT2D eigenvalue weighted by molar-refractivity contribution is -0.207. The highest BCUT2D eigenvalue weighted by Crippen LogP contribution is 2.75. The molecule has 4 saturated carbocycles. The maximum atomic E-state index is 2.80. The molecule has 9 unspecified atom stereocenters. The van der Waals surface area contributed by atoms with E-state index in [0.29, 0.717) is 21.7 Å². The molecule has 0 aromatic rings. The van der Waals surface area contributed by atoms with Crippen LogP contribution in [0.4, 0.5) is 0 Å². The van der Waals surface area contributed by atoms with Crippen LogP contribution in [-0.2, 0) is 0 Å². The Morgan fingerprint density at radius 2 is 1.67 bits per heavy atom. The van der Waals surface area contributed by atoms with Crippen molar-refractivity contribution in [3.63, 3.8) is 0 Å². The van der Waals surface area contributed by atoms with E-state index in [9.17, 15) is 0 Å². The van der Waals surface area contributed by atoms with E-state index in [1.54, 1.807) is 0 Å². The smallest absolute Gasteiger partial charge is 0.0691 e. The van der Waals surface area contributed by atoms with E-state index >= 15 is 0 Å². The van der Waals surface area contributed by atoms with Gasteiger partial charge >= 0.3 is 0 Å². The van der Waals surface area contributed by atoms with Gasteiger partial charge in [0.05, 0.1) is 0 Å². The fourth-order valence-corrected chi connectivity index (χ4v) is 11.9. The van der Waals surface area contributed by atoms with Gasteiger partial charge in [-0.3, -0.25) is 0 Å². The number of fused-ring (bicyclic) bond motifs is 5. The van der Waals surface area contributed by atoms with Crippen molar-refractivity contribution < 1.29 is 0 Å². The standard InChI is InChI=1S/C32H59B/c1-9-10-11-12-17-29(5,6)28-14-13-26-25-20-23(4)32(22(2)3)21-24(33)15-19-31(32,8)27(25)16-18-30(26,28)7/h22-28H,9-21,33H2,1-8H3. The van der Waals surface area contributed by atoms with Crippen molar-refractivity contribution in [2.45, 2.75) is 145 Å². The molecule has 4 fully saturated rings. The van der Waals surface area contributed by atoms with Crippen LogP contribution in [0.15, 0.2) is 0 Å². The molecule has 9 atom stereocenters. The van der Waals surface area contributed by atoms with Gasteiger partial charge in [0.15, 0.2) is 0 Å². The predicted octanol–water partition coefficient (Wildman–Crippen LogP) is 9.34. The minimum atomic E-state index is 0.524. The SMILES string of the molecule is BC1CCC2(C)C3CCC4(C)C(CCC4C(C)(C)CCCCCC)C3CC(C)C2(C(C)C)C1. The summed E-state index contributed by atoms with van der Waals surface area (Å²) < 4.78 is 0. The van der Waals surface area contributed by atoms with Crippen molar-refractivity contribution in [1.29, 1.82) is 0 Å². The molecule has 4 aliphatic rings. The van der Waals surface area contributed by atoms with E-state index < -0.39 is 0 Å². The van der Waals surface area contributed by atoms with Crippen LogP contribution >= 0.6 is 0 Å². The van der Waals surface area contributed by atoms with Crippen molar-refractivity contribution in [2.75, 3.05) is 0 Å². The Balaban J connectivity index is 1.59. The third-order valence-electron chi connectivity index (χ3n) is 13.3. The summed E-state index contributed by atoms with van der Waals surface area (Å²) in [6.07, 6.45) is 19.3. The lowest BCUT2D eigenvalue weighted by Gasteiger charge is -2.70. The number of rotatable bonds is 7. The van der Waals surface area contributed by atoms with Gasteiger partial charge in [0.2, 0.25) is 0 Å². The quantitative estimate of drug-likeness (QED) is 0.265. The van der Waals surface area contributed by atoms with Crippen LogP contribution in [0.3, 0.4) is 0 Å². The minimum absolute atomic E-state index is 0.524. The first kappa shape index (κ1) is 26.1. The van der Waals surface area contributed by atoms with Crippen LogP contribution in [0, 0.1) is 57.2 Å². The van der Waals surface area contributed by atoms with Crippen molar-refractivity contribution in [2.24, 2.45) is 57.2 Å². The average Bonchev–Trinajstić information content (AvgIpc) is 3.11. The van der Waals surface area contributed by atoms with Gasteiger partial charge in [-0.15, -0.1) is 0 Å². The maximum absolute atomic E-state index is 2.80. The molecule has 0 aromatic carbocycles. The van der Waals surface area contributed by atoms with E-state index in [1.807, 2.05) is 0 Å². The fourth-order valence-electron chi connectivity index (χ4n) is 11.9. The molecule has 0 aliphatic heterocycles. The fraction of sp³-hybridized carbons (Fsp3) is 1.00. The summed E-state index contributed by atoms with van der Waals surface area (Å²) >= 11 is 0. The Kier molecular flexibility index (Phi) is 7.27. The lowest BCUT2D eigenvalue weighted by atomic mass is 9.34. The van der Waals surface area contributed by atoms with Gasteiger partial charge in [0.1, 0.15) is 7.85 Å². The van der Waals surface area contributed by atoms with E-state index in [-0.39, 0.29) is 0 Å². The van der Waals surface area contributed by atoms with E-state index in [1.165, 1.54) is 83.5 Å². The molecule has 0 amide bonds. The third-order valence-corrected chi connectivity index (χ3v) is 13.3. The number of hydrogen-bond donors (Lipinski definition) is 0. The van der Waals surface area contributed by atoms with E-state index in [0.717, 1.165) is 41.3 Å². The zero-order valence-electron chi connectivity index (χ0n) is 24.2. The predicted molar refractivity (Wildman–Crippen MR) is 148 cm³/mol. The van der Waals surface area contributed by atoms with Crippen LogP contribution in [-0.4, -0.2) is 7.85 Å². The summed E-state index contributed by atoms with van der Waals surface area (Å²) in [4.78, 5) is 0. The van der Waals surface area contributed by atoms with E-state index in [2.05, 4.69) is 63.2 Å². The van der Waals surface area contributed by atoms with Crippen LogP contribution in [0.1, 0.15) is 139 Å². The molecule has 0 N–H and O–H groups in total. The molecule has 4 aliphatic carbocycles. The highest BCUT2D eigenvalue weighted by molar-refractivity contribution is 6.11. The normalized spacial score (nSPS) is 47.8. The monoisotopic (exact) mass is 454 g/mol. The Morgan fingerprint density at radius 1 is 0.939 bits per heavy atom. The first-order valence-corrected chi connectivity index (χ1v) is 15.4. The topological polar surface area (TPSA) is 0 Å². The summed E-state index contributed by atoms with van der Waals surface area (Å²) in [6.45, 7) is 21.1. The van der Waals surface area contributed by atoms with Crippen LogP contribution < -0.4 is 0 Å². The molecule has 33 heavy (non-hydrogen) atoms. The Bertz CT molecular complexity index is 680. The largest absolute Gasteiger partial charge is 0.105 e.